The lowest BCUT2D eigenvalue weighted by Crippen LogP contribution is -2.26. The summed E-state index contributed by atoms with van der Waals surface area (Å²) in [6.45, 7) is 0. The summed E-state index contributed by atoms with van der Waals surface area (Å²) >= 11 is 0. The summed E-state index contributed by atoms with van der Waals surface area (Å²) in [4.78, 5) is 24.8. The van der Waals surface area contributed by atoms with Crippen LogP contribution in [0.25, 0.3) is 0 Å². The van der Waals surface area contributed by atoms with Gasteiger partial charge in [0.25, 0.3) is 0 Å². The van der Waals surface area contributed by atoms with Gasteiger partial charge in [0.1, 0.15) is 0 Å². The van der Waals surface area contributed by atoms with Crippen molar-refractivity contribution in [3.8, 4) is 0 Å². The fourth-order valence-electron chi connectivity index (χ4n) is 0.770. The SMILES string of the molecule is COC1C=NC(C(=O)O)=CC1=O. The molecule has 0 fully saturated rings. The van der Waals surface area contributed by atoms with E-state index in [0.29, 0.717) is 0 Å². The van der Waals surface area contributed by atoms with Gasteiger partial charge in [0.2, 0.25) is 0 Å². The van der Waals surface area contributed by atoms with Crippen LogP contribution in [0.15, 0.2) is 16.8 Å². The van der Waals surface area contributed by atoms with Crippen LogP contribution in [0.2, 0.25) is 0 Å². The minimum atomic E-state index is -1.21. The van der Waals surface area contributed by atoms with Gasteiger partial charge in [-0.25, -0.2) is 4.79 Å². The number of hydrogen-bond donors (Lipinski definition) is 1. The summed E-state index contributed by atoms with van der Waals surface area (Å²) in [7, 11) is 1.36. The zero-order valence-corrected chi connectivity index (χ0v) is 6.35. The Morgan fingerprint density at radius 3 is 2.83 bits per heavy atom. The van der Waals surface area contributed by atoms with Gasteiger partial charge in [-0.1, -0.05) is 0 Å². The number of carboxylic acids is 1. The molecule has 0 spiro atoms. The maximum Gasteiger partial charge on any atom is 0.354 e. The number of aliphatic carboxylic acids is 1. The predicted octanol–water partition coefficient (Wildman–Crippen LogP) is -0.377. The van der Waals surface area contributed by atoms with E-state index in [1.807, 2.05) is 0 Å². The number of ether oxygens (including phenoxy) is 1. The predicted molar refractivity (Wildman–Crippen MR) is 40.0 cm³/mol. The van der Waals surface area contributed by atoms with Crippen LogP contribution in [0.3, 0.4) is 0 Å². The smallest absolute Gasteiger partial charge is 0.354 e. The summed E-state index contributed by atoms with van der Waals surface area (Å²) in [5.74, 6) is -1.61. The first kappa shape index (κ1) is 8.61. The molecule has 0 aliphatic carbocycles. The number of rotatable bonds is 2. The van der Waals surface area contributed by atoms with Crippen LogP contribution in [-0.2, 0) is 14.3 Å². The highest BCUT2D eigenvalue weighted by Gasteiger charge is 2.20. The molecule has 5 nitrogen and oxygen atoms in total. The van der Waals surface area contributed by atoms with Gasteiger partial charge < -0.3 is 9.84 Å². The van der Waals surface area contributed by atoms with Crippen molar-refractivity contribution in [3.05, 3.63) is 11.8 Å². The van der Waals surface area contributed by atoms with Crippen molar-refractivity contribution in [2.75, 3.05) is 7.11 Å². The van der Waals surface area contributed by atoms with Crippen molar-refractivity contribution < 1.29 is 19.4 Å². The number of methoxy groups -OCH3 is 1. The fraction of sp³-hybridized carbons (Fsp3) is 0.286. The van der Waals surface area contributed by atoms with E-state index in [1.54, 1.807) is 0 Å². The van der Waals surface area contributed by atoms with E-state index in [1.165, 1.54) is 13.3 Å². The molecular weight excluding hydrogens is 162 g/mol. The van der Waals surface area contributed by atoms with Gasteiger partial charge >= 0.3 is 5.97 Å². The minimum Gasteiger partial charge on any atom is -0.477 e. The summed E-state index contributed by atoms with van der Waals surface area (Å²) in [6.07, 6.45) is 1.38. The highest BCUT2D eigenvalue weighted by molar-refractivity contribution is 6.11. The molecule has 5 heteroatoms. The number of ketones is 1. The van der Waals surface area contributed by atoms with Gasteiger partial charge in [-0.3, -0.25) is 9.79 Å². The molecule has 0 aromatic heterocycles. The van der Waals surface area contributed by atoms with Crippen LogP contribution in [0.4, 0.5) is 0 Å². The third-order valence-electron chi connectivity index (χ3n) is 1.38. The highest BCUT2D eigenvalue weighted by Crippen LogP contribution is 2.05. The summed E-state index contributed by atoms with van der Waals surface area (Å²) < 4.78 is 4.70. The molecule has 1 heterocycles. The number of carbonyl (C=O) groups is 2. The Bertz CT molecular complexity index is 279. The fourth-order valence-corrected chi connectivity index (χ4v) is 0.770. The molecule has 0 saturated heterocycles. The Labute approximate surface area is 68.4 Å². The number of carbonyl (C=O) groups excluding carboxylic acids is 1. The molecule has 12 heavy (non-hydrogen) atoms. The van der Waals surface area contributed by atoms with Crippen molar-refractivity contribution in [2.24, 2.45) is 4.99 Å². The third-order valence-corrected chi connectivity index (χ3v) is 1.38. The topological polar surface area (TPSA) is 76.0 Å². The van der Waals surface area contributed by atoms with E-state index in [9.17, 15) is 9.59 Å². The molecule has 0 saturated carbocycles. The molecule has 64 valence electrons. The second kappa shape index (κ2) is 3.27. The van der Waals surface area contributed by atoms with E-state index < -0.39 is 17.9 Å². The second-order valence-corrected chi connectivity index (χ2v) is 2.17. The maximum atomic E-state index is 11.0. The van der Waals surface area contributed by atoms with E-state index in [4.69, 9.17) is 9.84 Å². The average molecular weight is 169 g/mol. The first-order chi connectivity index (χ1) is 5.65. The Morgan fingerprint density at radius 2 is 2.42 bits per heavy atom. The zero-order valence-electron chi connectivity index (χ0n) is 6.35. The average Bonchev–Trinajstić information content (AvgIpc) is 2.04. The van der Waals surface area contributed by atoms with Gasteiger partial charge in [0.15, 0.2) is 17.6 Å². The molecule has 1 rings (SSSR count). The van der Waals surface area contributed by atoms with E-state index in [0.717, 1.165) is 6.08 Å². The maximum absolute atomic E-state index is 11.0. The molecule has 0 aromatic carbocycles. The Kier molecular flexibility index (Phi) is 2.35. The Hall–Kier alpha value is -1.49. The van der Waals surface area contributed by atoms with Crippen molar-refractivity contribution in [3.63, 3.8) is 0 Å². The van der Waals surface area contributed by atoms with Crippen molar-refractivity contribution in [1.82, 2.24) is 0 Å². The quantitative estimate of drug-likeness (QED) is 0.611. The van der Waals surface area contributed by atoms with Gasteiger partial charge in [0.05, 0.1) is 0 Å². The Balaban J connectivity index is 2.83. The number of hydrogen-bond acceptors (Lipinski definition) is 4. The van der Waals surface area contributed by atoms with Crippen LogP contribution in [0.5, 0.6) is 0 Å². The van der Waals surface area contributed by atoms with E-state index >= 15 is 0 Å². The van der Waals surface area contributed by atoms with E-state index in [2.05, 4.69) is 4.99 Å². The second-order valence-electron chi connectivity index (χ2n) is 2.17. The molecule has 0 bridgehead atoms. The molecule has 1 unspecified atom stereocenters. The molecule has 0 amide bonds. The van der Waals surface area contributed by atoms with Gasteiger partial charge in [0, 0.05) is 19.4 Å². The summed E-state index contributed by atoms with van der Waals surface area (Å²) in [5, 5.41) is 8.44. The first-order valence-electron chi connectivity index (χ1n) is 3.21. The minimum absolute atomic E-state index is 0.256. The molecule has 1 aliphatic heterocycles. The number of carboxylic acid groups (broad SMARTS) is 1. The van der Waals surface area contributed by atoms with Crippen molar-refractivity contribution in [1.29, 1.82) is 0 Å². The van der Waals surface area contributed by atoms with Crippen LogP contribution < -0.4 is 0 Å². The normalized spacial score (nSPS) is 22.2. The molecule has 0 aromatic rings. The zero-order chi connectivity index (χ0) is 9.14. The molecule has 1 N–H and O–H groups in total. The van der Waals surface area contributed by atoms with Crippen LogP contribution >= 0.6 is 0 Å². The van der Waals surface area contributed by atoms with Crippen molar-refractivity contribution in [2.45, 2.75) is 6.10 Å². The van der Waals surface area contributed by atoms with Crippen LogP contribution in [-0.4, -0.2) is 36.3 Å². The molecule has 0 radical (unpaired) electrons. The van der Waals surface area contributed by atoms with Crippen LogP contribution in [0.1, 0.15) is 0 Å². The lowest BCUT2D eigenvalue weighted by Gasteiger charge is -2.09. The van der Waals surface area contributed by atoms with Gasteiger partial charge in [-0.05, 0) is 0 Å². The molecule has 1 aliphatic rings. The van der Waals surface area contributed by atoms with Gasteiger partial charge in [-0.15, -0.1) is 0 Å². The number of aliphatic imine (C=N–C) groups is 1. The molecular formula is C7H7NO4. The van der Waals surface area contributed by atoms with Crippen LogP contribution in [0, 0.1) is 0 Å². The number of nitrogens with zero attached hydrogens (tertiary/aromatic N) is 1. The lowest BCUT2D eigenvalue weighted by atomic mass is 10.1. The van der Waals surface area contributed by atoms with E-state index in [-0.39, 0.29) is 5.70 Å². The van der Waals surface area contributed by atoms with Gasteiger partial charge in [-0.2, -0.15) is 0 Å². The first-order valence-corrected chi connectivity index (χ1v) is 3.21. The monoisotopic (exact) mass is 169 g/mol. The lowest BCUT2D eigenvalue weighted by molar-refractivity contribution is -0.133. The molecule has 1 atom stereocenters. The Morgan fingerprint density at radius 1 is 1.75 bits per heavy atom. The summed E-state index contributed by atoms with van der Waals surface area (Å²) in [5.41, 5.74) is -0.256. The third kappa shape index (κ3) is 1.57. The summed E-state index contributed by atoms with van der Waals surface area (Å²) in [6, 6.07) is 0. The highest BCUT2D eigenvalue weighted by atomic mass is 16.5. The standard InChI is InChI=1S/C7H7NO4/c1-12-6-3-8-4(7(10)11)2-5(6)9/h2-3,6H,1H3,(H,10,11). The van der Waals surface area contributed by atoms with Crippen molar-refractivity contribution >= 4 is 18.0 Å². The largest absolute Gasteiger partial charge is 0.477 e.